The molecule has 0 aliphatic rings. The largest absolute Gasteiger partial charge is 0.497 e. The SMILES string of the molecule is COc1ccc(OC)c(CC(=S)C(=O)O)c1. The van der Waals surface area contributed by atoms with Gasteiger partial charge in [0, 0.05) is 12.0 Å². The summed E-state index contributed by atoms with van der Waals surface area (Å²) in [5.74, 6) is 0.160. The second-order valence-electron chi connectivity index (χ2n) is 3.08. The monoisotopic (exact) mass is 240 g/mol. The van der Waals surface area contributed by atoms with Gasteiger partial charge in [0.2, 0.25) is 0 Å². The van der Waals surface area contributed by atoms with Gasteiger partial charge in [-0.25, -0.2) is 4.79 Å². The van der Waals surface area contributed by atoms with Crippen molar-refractivity contribution in [2.75, 3.05) is 14.2 Å². The molecule has 0 aliphatic carbocycles. The number of benzene rings is 1. The Morgan fingerprint density at radius 1 is 1.38 bits per heavy atom. The number of carboxylic acid groups (broad SMARTS) is 1. The van der Waals surface area contributed by atoms with E-state index in [1.807, 2.05) is 0 Å². The molecule has 0 heterocycles. The minimum atomic E-state index is -1.08. The first-order valence-electron chi connectivity index (χ1n) is 4.55. The minimum Gasteiger partial charge on any atom is -0.497 e. The number of aliphatic carboxylic acids is 1. The van der Waals surface area contributed by atoms with Crippen molar-refractivity contribution in [3.05, 3.63) is 23.8 Å². The molecule has 0 aromatic heterocycles. The Bertz CT molecular complexity index is 414. The van der Waals surface area contributed by atoms with Crippen LogP contribution in [0.2, 0.25) is 0 Å². The number of ether oxygens (including phenoxy) is 2. The van der Waals surface area contributed by atoms with E-state index in [-0.39, 0.29) is 11.3 Å². The third-order valence-corrected chi connectivity index (χ3v) is 2.40. The number of carboxylic acids is 1. The standard InChI is InChI=1S/C11H12O4S/c1-14-8-3-4-9(15-2)7(5-8)6-10(16)11(12)13/h3-5H,6H2,1-2H3,(H,12,13). The number of thiocarbonyl (C=S) groups is 1. The number of methoxy groups -OCH3 is 2. The number of hydrogen-bond donors (Lipinski definition) is 1. The fraction of sp³-hybridized carbons (Fsp3) is 0.273. The zero-order valence-corrected chi connectivity index (χ0v) is 9.84. The smallest absolute Gasteiger partial charge is 0.342 e. The molecular weight excluding hydrogens is 228 g/mol. The molecule has 0 amide bonds. The highest BCUT2D eigenvalue weighted by molar-refractivity contribution is 7.82. The van der Waals surface area contributed by atoms with Crippen molar-refractivity contribution in [1.82, 2.24) is 0 Å². The first-order chi connectivity index (χ1) is 7.58. The Morgan fingerprint density at radius 3 is 2.56 bits per heavy atom. The van der Waals surface area contributed by atoms with Crippen molar-refractivity contribution >= 4 is 23.1 Å². The normalized spacial score (nSPS) is 9.62. The van der Waals surface area contributed by atoms with Crippen molar-refractivity contribution in [3.63, 3.8) is 0 Å². The summed E-state index contributed by atoms with van der Waals surface area (Å²) >= 11 is 4.75. The van der Waals surface area contributed by atoms with Gasteiger partial charge in [0.25, 0.3) is 0 Å². The van der Waals surface area contributed by atoms with Crippen molar-refractivity contribution in [1.29, 1.82) is 0 Å². The van der Waals surface area contributed by atoms with Crippen LogP contribution in [0, 0.1) is 0 Å². The molecule has 0 radical (unpaired) electrons. The molecule has 16 heavy (non-hydrogen) atoms. The van der Waals surface area contributed by atoms with Crippen LogP contribution in [0.4, 0.5) is 0 Å². The lowest BCUT2D eigenvalue weighted by Gasteiger charge is -2.09. The van der Waals surface area contributed by atoms with E-state index in [2.05, 4.69) is 0 Å². The molecule has 0 aliphatic heterocycles. The fourth-order valence-corrected chi connectivity index (χ4v) is 1.42. The fourth-order valence-electron chi connectivity index (χ4n) is 1.27. The van der Waals surface area contributed by atoms with Gasteiger partial charge >= 0.3 is 5.97 Å². The van der Waals surface area contributed by atoms with E-state index in [4.69, 9.17) is 26.8 Å². The van der Waals surface area contributed by atoms with Crippen LogP contribution >= 0.6 is 12.2 Å². The Balaban J connectivity index is 3.00. The molecule has 0 saturated heterocycles. The summed E-state index contributed by atoms with van der Waals surface area (Å²) in [5, 5.41) is 8.72. The molecule has 0 unspecified atom stereocenters. The molecule has 1 aromatic rings. The van der Waals surface area contributed by atoms with Crippen LogP contribution in [0.5, 0.6) is 11.5 Å². The van der Waals surface area contributed by atoms with E-state index < -0.39 is 5.97 Å². The van der Waals surface area contributed by atoms with Gasteiger partial charge in [-0.2, -0.15) is 0 Å². The molecule has 1 aromatic carbocycles. The Morgan fingerprint density at radius 2 is 2.06 bits per heavy atom. The third kappa shape index (κ3) is 2.93. The summed E-state index contributed by atoms with van der Waals surface area (Å²) in [6, 6.07) is 5.18. The maximum Gasteiger partial charge on any atom is 0.342 e. The summed E-state index contributed by atoms with van der Waals surface area (Å²) in [6.45, 7) is 0. The molecule has 0 spiro atoms. The molecule has 0 fully saturated rings. The Labute approximate surface area is 98.8 Å². The minimum absolute atomic E-state index is 0.0495. The second-order valence-corrected chi connectivity index (χ2v) is 3.58. The highest BCUT2D eigenvalue weighted by Gasteiger charge is 2.12. The lowest BCUT2D eigenvalue weighted by Crippen LogP contribution is -2.13. The van der Waals surface area contributed by atoms with Crippen LogP contribution in [-0.4, -0.2) is 30.2 Å². The molecule has 86 valence electrons. The van der Waals surface area contributed by atoms with Gasteiger partial charge in [-0.1, -0.05) is 12.2 Å². The van der Waals surface area contributed by atoms with E-state index >= 15 is 0 Å². The topological polar surface area (TPSA) is 55.8 Å². The van der Waals surface area contributed by atoms with Gasteiger partial charge in [-0.05, 0) is 18.2 Å². The van der Waals surface area contributed by atoms with Gasteiger partial charge in [0.05, 0.1) is 14.2 Å². The highest BCUT2D eigenvalue weighted by atomic mass is 32.1. The Kier molecular flexibility index (Phi) is 4.25. The third-order valence-electron chi connectivity index (χ3n) is 2.08. The van der Waals surface area contributed by atoms with Gasteiger partial charge in [0.1, 0.15) is 16.4 Å². The molecule has 0 atom stereocenters. The van der Waals surface area contributed by atoms with E-state index in [1.165, 1.54) is 7.11 Å². The molecular formula is C11H12O4S. The quantitative estimate of drug-likeness (QED) is 0.794. The summed E-state index contributed by atoms with van der Waals surface area (Å²) < 4.78 is 10.2. The summed E-state index contributed by atoms with van der Waals surface area (Å²) in [7, 11) is 3.07. The van der Waals surface area contributed by atoms with Crippen molar-refractivity contribution in [2.45, 2.75) is 6.42 Å². The van der Waals surface area contributed by atoms with E-state index in [0.29, 0.717) is 17.1 Å². The Hall–Kier alpha value is -1.62. The zero-order valence-electron chi connectivity index (χ0n) is 9.02. The van der Waals surface area contributed by atoms with Crippen LogP contribution in [-0.2, 0) is 11.2 Å². The lowest BCUT2D eigenvalue weighted by atomic mass is 10.1. The van der Waals surface area contributed by atoms with Crippen LogP contribution in [0.15, 0.2) is 18.2 Å². The molecule has 0 saturated carbocycles. The number of rotatable bonds is 5. The van der Waals surface area contributed by atoms with Crippen molar-refractivity contribution in [2.24, 2.45) is 0 Å². The van der Waals surface area contributed by atoms with Gasteiger partial charge in [-0.15, -0.1) is 0 Å². The molecule has 0 bridgehead atoms. The maximum absolute atomic E-state index is 10.6. The molecule has 5 heteroatoms. The first-order valence-corrected chi connectivity index (χ1v) is 4.96. The average Bonchev–Trinajstić information content (AvgIpc) is 2.28. The van der Waals surface area contributed by atoms with E-state index in [1.54, 1.807) is 25.3 Å². The van der Waals surface area contributed by atoms with Crippen LogP contribution in [0.25, 0.3) is 0 Å². The maximum atomic E-state index is 10.6. The predicted octanol–water partition coefficient (Wildman–Crippen LogP) is 1.70. The molecule has 1 N–H and O–H groups in total. The van der Waals surface area contributed by atoms with Gasteiger partial charge < -0.3 is 14.6 Å². The van der Waals surface area contributed by atoms with Gasteiger partial charge in [-0.3, -0.25) is 0 Å². The second kappa shape index (κ2) is 5.46. The van der Waals surface area contributed by atoms with Crippen LogP contribution < -0.4 is 9.47 Å². The van der Waals surface area contributed by atoms with Crippen molar-refractivity contribution < 1.29 is 19.4 Å². The lowest BCUT2D eigenvalue weighted by molar-refractivity contribution is -0.129. The van der Waals surface area contributed by atoms with Crippen LogP contribution in [0.1, 0.15) is 5.56 Å². The number of hydrogen-bond acceptors (Lipinski definition) is 4. The predicted molar refractivity (Wildman–Crippen MR) is 63.5 cm³/mol. The summed E-state index contributed by atoms with van der Waals surface area (Å²) in [6.07, 6.45) is 0.158. The molecule has 4 nitrogen and oxygen atoms in total. The van der Waals surface area contributed by atoms with Crippen molar-refractivity contribution in [3.8, 4) is 11.5 Å². The van der Waals surface area contributed by atoms with Gasteiger partial charge in [0.15, 0.2) is 0 Å². The van der Waals surface area contributed by atoms with E-state index in [9.17, 15) is 4.79 Å². The van der Waals surface area contributed by atoms with E-state index in [0.717, 1.165) is 0 Å². The summed E-state index contributed by atoms with van der Waals surface area (Å²) in [5.41, 5.74) is 0.703. The highest BCUT2D eigenvalue weighted by Crippen LogP contribution is 2.24. The first kappa shape index (κ1) is 12.4. The van der Waals surface area contributed by atoms with Crippen LogP contribution in [0.3, 0.4) is 0 Å². The average molecular weight is 240 g/mol. The molecule has 1 rings (SSSR count). The summed E-state index contributed by atoms with van der Waals surface area (Å²) in [4.78, 5) is 10.6. The zero-order chi connectivity index (χ0) is 12.1. The number of carbonyl (C=O) groups is 1.